The molecule has 1 aliphatic rings. The summed E-state index contributed by atoms with van der Waals surface area (Å²) in [6.07, 6.45) is 7.97. The zero-order valence-corrected chi connectivity index (χ0v) is 23.1. The first-order valence-electron chi connectivity index (χ1n) is 13.9. The highest BCUT2D eigenvalue weighted by Crippen LogP contribution is 2.40. The van der Waals surface area contributed by atoms with Crippen LogP contribution in [0, 0.1) is 37.5 Å². The maximum Gasteiger partial charge on any atom is 0.144 e. The molecule has 0 aliphatic heterocycles. The Morgan fingerprint density at radius 2 is 1.51 bits per heavy atom. The van der Waals surface area contributed by atoms with Crippen LogP contribution in [0.2, 0.25) is 0 Å². The SMILES string of the molecule is Cc1cc(CC2C(C)CC(C)CC2C)cc(C)c1-n1ccnc1-c1ccc2c(c1)c1ccccc1n2C. The van der Waals surface area contributed by atoms with Crippen LogP contribution in [0.1, 0.15) is 50.3 Å². The summed E-state index contributed by atoms with van der Waals surface area (Å²) in [4.78, 5) is 4.84. The molecule has 0 N–H and O–H groups in total. The van der Waals surface area contributed by atoms with E-state index < -0.39 is 0 Å². The summed E-state index contributed by atoms with van der Waals surface area (Å²) in [5.41, 5.74) is 9.05. The van der Waals surface area contributed by atoms with Crippen molar-refractivity contribution in [1.82, 2.24) is 14.1 Å². The highest BCUT2D eigenvalue weighted by Gasteiger charge is 2.31. The van der Waals surface area contributed by atoms with Gasteiger partial charge in [-0.05, 0) is 97.7 Å². The van der Waals surface area contributed by atoms with Gasteiger partial charge in [0.25, 0.3) is 0 Å². The number of nitrogens with zero attached hydrogens (tertiary/aromatic N) is 3. The number of benzene rings is 3. The van der Waals surface area contributed by atoms with Crippen molar-refractivity contribution in [2.75, 3.05) is 0 Å². The Labute approximate surface area is 221 Å². The van der Waals surface area contributed by atoms with Crippen LogP contribution in [0.25, 0.3) is 38.9 Å². The Hall–Kier alpha value is -3.33. The minimum absolute atomic E-state index is 0.775. The second kappa shape index (κ2) is 9.20. The Kier molecular flexibility index (Phi) is 5.98. The van der Waals surface area contributed by atoms with Crippen molar-refractivity contribution >= 4 is 21.8 Å². The molecule has 5 aromatic rings. The number of fused-ring (bicyclic) bond motifs is 3. The number of para-hydroxylation sites is 1. The maximum atomic E-state index is 4.84. The van der Waals surface area contributed by atoms with Gasteiger partial charge in [-0.15, -0.1) is 0 Å². The molecule has 0 spiro atoms. The fraction of sp³-hybridized carbons (Fsp3) is 0.382. The summed E-state index contributed by atoms with van der Waals surface area (Å²) in [6.45, 7) is 11.9. The van der Waals surface area contributed by atoms with Crippen LogP contribution in [0.5, 0.6) is 0 Å². The molecule has 3 nitrogen and oxygen atoms in total. The third-order valence-corrected chi connectivity index (χ3v) is 9.09. The quantitative estimate of drug-likeness (QED) is 0.248. The Bertz CT molecular complexity index is 1570. The first-order valence-corrected chi connectivity index (χ1v) is 13.9. The van der Waals surface area contributed by atoms with Crippen molar-refractivity contribution in [1.29, 1.82) is 0 Å². The van der Waals surface area contributed by atoms with Crippen LogP contribution in [0.4, 0.5) is 0 Å². The molecule has 2 aromatic heterocycles. The smallest absolute Gasteiger partial charge is 0.144 e. The van der Waals surface area contributed by atoms with Crippen molar-refractivity contribution in [3.63, 3.8) is 0 Å². The molecule has 6 rings (SSSR count). The second-order valence-electron chi connectivity index (χ2n) is 11.9. The molecule has 37 heavy (non-hydrogen) atoms. The van der Waals surface area contributed by atoms with Crippen molar-refractivity contribution in [2.24, 2.45) is 30.7 Å². The average Bonchev–Trinajstić information content (AvgIpc) is 3.44. The molecular formula is C34H39N3. The van der Waals surface area contributed by atoms with E-state index >= 15 is 0 Å². The van der Waals surface area contributed by atoms with Gasteiger partial charge in [-0.1, -0.05) is 51.1 Å². The van der Waals surface area contributed by atoms with E-state index in [1.54, 1.807) is 0 Å². The van der Waals surface area contributed by atoms with Crippen molar-refractivity contribution in [3.8, 4) is 17.1 Å². The molecule has 0 amide bonds. The van der Waals surface area contributed by atoms with Crippen LogP contribution in [-0.4, -0.2) is 14.1 Å². The van der Waals surface area contributed by atoms with E-state index in [2.05, 4.69) is 112 Å². The number of aryl methyl sites for hydroxylation is 3. The summed E-state index contributed by atoms with van der Waals surface area (Å²) >= 11 is 0. The highest BCUT2D eigenvalue weighted by molar-refractivity contribution is 6.09. The van der Waals surface area contributed by atoms with E-state index in [4.69, 9.17) is 4.98 Å². The van der Waals surface area contributed by atoms with Gasteiger partial charge in [-0.25, -0.2) is 4.98 Å². The van der Waals surface area contributed by atoms with E-state index in [1.807, 2.05) is 6.20 Å². The molecule has 2 atom stereocenters. The Morgan fingerprint density at radius 3 is 2.24 bits per heavy atom. The first-order chi connectivity index (χ1) is 17.8. The van der Waals surface area contributed by atoms with Gasteiger partial charge < -0.3 is 4.57 Å². The van der Waals surface area contributed by atoms with E-state index in [-0.39, 0.29) is 0 Å². The van der Waals surface area contributed by atoms with Crippen molar-refractivity contribution in [2.45, 2.75) is 53.9 Å². The molecule has 1 fully saturated rings. The summed E-state index contributed by atoms with van der Waals surface area (Å²) < 4.78 is 4.57. The summed E-state index contributed by atoms with van der Waals surface area (Å²) in [7, 11) is 2.15. The molecule has 0 saturated heterocycles. The molecule has 3 heteroatoms. The summed E-state index contributed by atoms with van der Waals surface area (Å²) in [5, 5.41) is 2.57. The minimum atomic E-state index is 0.775. The average molecular weight is 490 g/mol. The Morgan fingerprint density at radius 1 is 0.838 bits per heavy atom. The zero-order chi connectivity index (χ0) is 25.8. The van der Waals surface area contributed by atoms with Gasteiger partial charge in [0.1, 0.15) is 5.82 Å². The minimum Gasteiger partial charge on any atom is -0.344 e. The largest absolute Gasteiger partial charge is 0.344 e. The summed E-state index contributed by atoms with van der Waals surface area (Å²) in [5.74, 6) is 4.22. The molecule has 0 bridgehead atoms. The number of hydrogen-bond acceptors (Lipinski definition) is 1. The number of rotatable bonds is 4. The fourth-order valence-corrected chi connectivity index (χ4v) is 7.50. The monoisotopic (exact) mass is 489 g/mol. The van der Waals surface area contributed by atoms with Crippen LogP contribution in [-0.2, 0) is 13.5 Å². The topological polar surface area (TPSA) is 22.8 Å². The number of hydrogen-bond donors (Lipinski definition) is 0. The number of aromatic nitrogens is 3. The van der Waals surface area contributed by atoms with Crippen LogP contribution in [0.3, 0.4) is 0 Å². The molecule has 1 aliphatic carbocycles. The third kappa shape index (κ3) is 4.09. The molecule has 2 unspecified atom stereocenters. The lowest BCUT2D eigenvalue weighted by Crippen LogP contribution is -2.30. The van der Waals surface area contributed by atoms with E-state index in [0.717, 1.165) is 35.1 Å². The fourth-order valence-electron chi connectivity index (χ4n) is 7.50. The third-order valence-electron chi connectivity index (χ3n) is 9.09. The normalized spacial score (nSPS) is 22.2. The lowest BCUT2D eigenvalue weighted by Gasteiger charge is -2.38. The van der Waals surface area contributed by atoms with Gasteiger partial charge in [0.05, 0.1) is 5.69 Å². The second-order valence-corrected chi connectivity index (χ2v) is 11.9. The van der Waals surface area contributed by atoms with E-state index in [9.17, 15) is 0 Å². The van der Waals surface area contributed by atoms with E-state index in [1.165, 1.54) is 63.4 Å². The van der Waals surface area contributed by atoms with Crippen molar-refractivity contribution < 1.29 is 0 Å². The van der Waals surface area contributed by atoms with Crippen LogP contribution in [0.15, 0.2) is 67.0 Å². The first kappa shape index (κ1) is 24.0. The molecule has 2 heterocycles. The van der Waals surface area contributed by atoms with Gasteiger partial charge in [-0.3, -0.25) is 4.57 Å². The molecular weight excluding hydrogens is 450 g/mol. The van der Waals surface area contributed by atoms with Gasteiger partial charge in [0.15, 0.2) is 0 Å². The lowest BCUT2D eigenvalue weighted by atomic mass is 9.67. The standard InChI is InChI=1S/C34H39N3/c1-21-15-22(2)29(23(3)16-21)19-26-17-24(4)33(25(5)18-26)37-14-13-35-34(37)27-11-12-32-30(20-27)28-9-7-8-10-31(28)36(32)6/h7-14,17-18,20-23,29H,15-16,19H2,1-6H3. The molecule has 3 aromatic carbocycles. The predicted octanol–water partition coefficient (Wildman–Crippen LogP) is 8.66. The maximum absolute atomic E-state index is 4.84. The lowest BCUT2D eigenvalue weighted by molar-refractivity contribution is 0.135. The van der Waals surface area contributed by atoms with Gasteiger partial charge in [-0.2, -0.15) is 0 Å². The van der Waals surface area contributed by atoms with Crippen molar-refractivity contribution in [3.05, 3.63) is 83.7 Å². The molecule has 1 saturated carbocycles. The van der Waals surface area contributed by atoms with Gasteiger partial charge in [0, 0.05) is 46.8 Å². The van der Waals surface area contributed by atoms with Gasteiger partial charge >= 0.3 is 0 Å². The van der Waals surface area contributed by atoms with Crippen LogP contribution >= 0.6 is 0 Å². The zero-order valence-electron chi connectivity index (χ0n) is 23.1. The molecule has 0 radical (unpaired) electrons. The summed E-state index contributed by atoms with van der Waals surface area (Å²) in [6, 6.07) is 20.3. The molecule has 190 valence electrons. The van der Waals surface area contributed by atoms with Gasteiger partial charge in [0.2, 0.25) is 0 Å². The van der Waals surface area contributed by atoms with E-state index in [0.29, 0.717) is 0 Å². The predicted molar refractivity (Wildman–Crippen MR) is 156 cm³/mol. The Balaban J connectivity index is 1.37. The number of imidazole rings is 1. The van der Waals surface area contributed by atoms with Crippen LogP contribution < -0.4 is 0 Å². The highest BCUT2D eigenvalue weighted by atomic mass is 15.1.